The van der Waals surface area contributed by atoms with Crippen LogP contribution in [-0.2, 0) is 14.3 Å². The molecule has 25 heavy (non-hydrogen) atoms. The number of morpholine rings is 1. The van der Waals surface area contributed by atoms with Gasteiger partial charge in [0, 0.05) is 23.2 Å². The predicted molar refractivity (Wildman–Crippen MR) is 102 cm³/mol. The summed E-state index contributed by atoms with van der Waals surface area (Å²) in [7, 11) is 1.78. The lowest BCUT2D eigenvalue weighted by atomic mass is 10.2. The Kier molecular flexibility index (Phi) is 6.98. The van der Waals surface area contributed by atoms with Crippen LogP contribution in [0.4, 0.5) is 5.69 Å². The first-order valence-corrected chi connectivity index (χ1v) is 9.21. The molecule has 0 saturated carbocycles. The summed E-state index contributed by atoms with van der Waals surface area (Å²) in [6, 6.07) is 5.69. The van der Waals surface area contributed by atoms with Gasteiger partial charge < -0.3 is 15.0 Å². The van der Waals surface area contributed by atoms with E-state index in [-0.39, 0.29) is 37.1 Å². The summed E-state index contributed by atoms with van der Waals surface area (Å²) >= 11 is 3.40. The Labute approximate surface area is 157 Å². The van der Waals surface area contributed by atoms with Crippen LogP contribution in [0, 0.1) is 6.92 Å². The van der Waals surface area contributed by atoms with Gasteiger partial charge in [-0.3, -0.25) is 14.5 Å². The highest BCUT2D eigenvalue weighted by Gasteiger charge is 2.26. The Morgan fingerprint density at radius 3 is 2.52 bits per heavy atom. The van der Waals surface area contributed by atoms with Gasteiger partial charge in [-0.25, -0.2) is 0 Å². The number of halogens is 1. The zero-order valence-corrected chi connectivity index (χ0v) is 16.8. The number of aryl methyl sites for hydroxylation is 1. The number of nitrogens with one attached hydrogen (secondary N) is 1. The molecule has 0 bridgehead atoms. The number of carbonyl (C=O) groups excluding carboxylic acids is 2. The summed E-state index contributed by atoms with van der Waals surface area (Å²) in [5, 5.41) is 2.89. The molecule has 1 aliphatic rings. The number of ether oxygens (including phenoxy) is 1. The lowest BCUT2D eigenvalue weighted by Gasteiger charge is -2.36. The maximum Gasteiger partial charge on any atom is 0.238 e. The molecule has 0 aliphatic carbocycles. The van der Waals surface area contributed by atoms with Gasteiger partial charge in [0.15, 0.2) is 0 Å². The smallest absolute Gasteiger partial charge is 0.238 e. The second-order valence-corrected chi connectivity index (χ2v) is 7.65. The molecule has 1 heterocycles. The third kappa shape index (κ3) is 6.09. The van der Waals surface area contributed by atoms with E-state index in [4.69, 9.17) is 4.74 Å². The lowest BCUT2D eigenvalue weighted by molar-refractivity contribution is -0.144. The highest BCUT2D eigenvalue weighted by Crippen LogP contribution is 2.20. The molecular weight excluding hydrogens is 386 g/mol. The highest BCUT2D eigenvalue weighted by molar-refractivity contribution is 9.10. The summed E-state index contributed by atoms with van der Waals surface area (Å²) < 4.78 is 6.62. The molecule has 1 aromatic rings. The van der Waals surface area contributed by atoms with Gasteiger partial charge in [-0.1, -0.05) is 15.9 Å². The normalized spacial score (nSPS) is 20.6. The minimum Gasteiger partial charge on any atom is -0.372 e. The standard InChI is InChI=1S/C18H26BrN3O3/c1-12-7-15(19)5-6-16(12)20-17(23)10-21(4)11-18(24)22-8-13(2)25-14(3)9-22/h5-7,13-14H,8-11H2,1-4H3,(H,20,23)/t13-,14-/m1/s1. The largest absolute Gasteiger partial charge is 0.372 e. The Balaban J connectivity index is 1.83. The van der Waals surface area contributed by atoms with Crippen molar-refractivity contribution in [1.29, 1.82) is 0 Å². The van der Waals surface area contributed by atoms with Gasteiger partial charge in [0.05, 0.1) is 25.3 Å². The fourth-order valence-corrected chi connectivity index (χ4v) is 3.45. The zero-order valence-electron chi connectivity index (χ0n) is 15.2. The number of hydrogen-bond acceptors (Lipinski definition) is 4. The van der Waals surface area contributed by atoms with E-state index in [0.29, 0.717) is 13.1 Å². The maximum atomic E-state index is 12.4. The molecule has 1 aromatic carbocycles. The number of benzene rings is 1. The molecule has 1 fully saturated rings. The van der Waals surface area contributed by atoms with Crippen molar-refractivity contribution in [3.63, 3.8) is 0 Å². The molecule has 1 N–H and O–H groups in total. The predicted octanol–water partition coefficient (Wildman–Crippen LogP) is 2.26. The molecule has 2 atom stereocenters. The molecule has 6 nitrogen and oxygen atoms in total. The molecule has 2 rings (SSSR count). The van der Waals surface area contributed by atoms with Gasteiger partial charge in [-0.05, 0) is 51.6 Å². The Morgan fingerprint density at radius 2 is 1.92 bits per heavy atom. The van der Waals surface area contributed by atoms with Crippen molar-refractivity contribution in [3.05, 3.63) is 28.2 Å². The van der Waals surface area contributed by atoms with Crippen molar-refractivity contribution in [2.75, 3.05) is 38.5 Å². The first-order chi connectivity index (χ1) is 11.7. The number of anilines is 1. The van der Waals surface area contributed by atoms with Crippen molar-refractivity contribution >= 4 is 33.4 Å². The number of rotatable bonds is 5. The van der Waals surface area contributed by atoms with Crippen molar-refractivity contribution in [3.8, 4) is 0 Å². The van der Waals surface area contributed by atoms with Gasteiger partial charge in [-0.2, -0.15) is 0 Å². The van der Waals surface area contributed by atoms with Crippen LogP contribution in [0.15, 0.2) is 22.7 Å². The molecule has 1 saturated heterocycles. The molecule has 0 aromatic heterocycles. The van der Waals surface area contributed by atoms with E-state index in [2.05, 4.69) is 21.2 Å². The van der Waals surface area contributed by atoms with E-state index in [9.17, 15) is 9.59 Å². The van der Waals surface area contributed by atoms with Gasteiger partial charge in [0.25, 0.3) is 0 Å². The minimum atomic E-state index is -0.135. The molecule has 0 spiro atoms. The second-order valence-electron chi connectivity index (χ2n) is 6.74. The number of likely N-dealkylation sites (N-methyl/N-ethyl adjacent to an activating group) is 1. The summed E-state index contributed by atoms with van der Waals surface area (Å²) in [4.78, 5) is 28.2. The maximum absolute atomic E-state index is 12.4. The first kappa shape index (κ1) is 19.9. The van der Waals surface area contributed by atoms with E-state index in [0.717, 1.165) is 15.7 Å². The third-order valence-corrected chi connectivity index (χ3v) is 4.55. The molecule has 7 heteroatoms. The fourth-order valence-electron chi connectivity index (χ4n) is 2.97. The molecule has 2 amide bonds. The van der Waals surface area contributed by atoms with Crippen LogP contribution in [0.1, 0.15) is 19.4 Å². The second kappa shape index (κ2) is 8.78. The van der Waals surface area contributed by atoms with Gasteiger partial charge >= 0.3 is 0 Å². The summed E-state index contributed by atoms with van der Waals surface area (Å²) in [6.45, 7) is 7.45. The third-order valence-electron chi connectivity index (χ3n) is 4.05. The van der Waals surface area contributed by atoms with Crippen LogP contribution in [0.5, 0.6) is 0 Å². The van der Waals surface area contributed by atoms with E-state index >= 15 is 0 Å². The molecular formula is C18H26BrN3O3. The molecule has 138 valence electrons. The zero-order chi connectivity index (χ0) is 18.6. The first-order valence-electron chi connectivity index (χ1n) is 8.42. The summed E-state index contributed by atoms with van der Waals surface area (Å²) in [6.07, 6.45) is 0.0865. The summed E-state index contributed by atoms with van der Waals surface area (Å²) in [5.41, 5.74) is 1.77. The van der Waals surface area contributed by atoms with Crippen molar-refractivity contribution in [2.45, 2.75) is 33.0 Å². The van der Waals surface area contributed by atoms with Crippen LogP contribution in [0.3, 0.4) is 0 Å². The van der Waals surface area contributed by atoms with Crippen LogP contribution in [-0.4, -0.2) is 67.0 Å². The quantitative estimate of drug-likeness (QED) is 0.806. The number of amides is 2. The molecule has 1 aliphatic heterocycles. The van der Waals surface area contributed by atoms with E-state index in [1.807, 2.05) is 43.9 Å². The Bertz CT molecular complexity index is 628. The van der Waals surface area contributed by atoms with Crippen molar-refractivity contribution in [1.82, 2.24) is 9.80 Å². The monoisotopic (exact) mass is 411 g/mol. The average molecular weight is 412 g/mol. The van der Waals surface area contributed by atoms with Crippen LogP contribution >= 0.6 is 15.9 Å². The fraction of sp³-hybridized carbons (Fsp3) is 0.556. The molecule has 0 unspecified atom stereocenters. The SMILES string of the molecule is Cc1cc(Br)ccc1NC(=O)CN(C)CC(=O)N1C[C@@H](C)O[C@H](C)C1. The topological polar surface area (TPSA) is 61.9 Å². The lowest BCUT2D eigenvalue weighted by Crippen LogP contribution is -2.51. The van der Waals surface area contributed by atoms with Gasteiger partial charge in [0.2, 0.25) is 11.8 Å². The summed E-state index contributed by atoms with van der Waals surface area (Å²) in [5.74, 6) is -0.110. The van der Waals surface area contributed by atoms with Crippen LogP contribution in [0.25, 0.3) is 0 Å². The van der Waals surface area contributed by atoms with E-state index in [1.54, 1.807) is 11.9 Å². The van der Waals surface area contributed by atoms with E-state index < -0.39 is 0 Å². The van der Waals surface area contributed by atoms with E-state index in [1.165, 1.54) is 0 Å². The molecule has 0 radical (unpaired) electrons. The van der Waals surface area contributed by atoms with Crippen LogP contribution in [0.2, 0.25) is 0 Å². The van der Waals surface area contributed by atoms with Crippen molar-refractivity contribution in [2.24, 2.45) is 0 Å². The highest BCUT2D eigenvalue weighted by atomic mass is 79.9. The Hall–Kier alpha value is -1.44. The minimum absolute atomic E-state index is 0.0251. The number of carbonyl (C=O) groups is 2. The van der Waals surface area contributed by atoms with Gasteiger partial charge in [-0.15, -0.1) is 0 Å². The Morgan fingerprint density at radius 1 is 1.28 bits per heavy atom. The number of hydrogen-bond donors (Lipinski definition) is 1. The van der Waals surface area contributed by atoms with Gasteiger partial charge in [0.1, 0.15) is 0 Å². The van der Waals surface area contributed by atoms with Crippen molar-refractivity contribution < 1.29 is 14.3 Å². The average Bonchev–Trinajstić information content (AvgIpc) is 2.48. The van der Waals surface area contributed by atoms with Crippen LogP contribution < -0.4 is 5.32 Å². The number of nitrogens with zero attached hydrogens (tertiary/aromatic N) is 2.